The van der Waals surface area contributed by atoms with E-state index in [1.807, 2.05) is 11.0 Å². The van der Waals surface area contributed by atoms with E-state index in [1.165, 1.54) is 12.8 Å². The van der Waals surface area contributed by atoms with Crippen LogP contribution in [-0.4, -0.2) is 60.1 Å². The standard InChI is InChI=1S/C23H34N6O2/c1-5-9-17(10-8-13-28-11-6-7-12-28)14-29-15-18(30)25-19-20(24)26-22(27-21(19)29)31-16-23(2,3)4/h5,8-10H,1,6-7,11-16H2,2-4H3,(H,25,30)(H2,24,26,27)/b10-8+,17-9+. The molecule has 1 amide bonds. The van der Waals surface area contributed by atoms with Gasteiger partial charge in [-0.3, -0.25) is 9.69 Å². The smallest absolute Gasteiger partial charge is 0.320 e. The molecule has 3 N–H and O–H groups in total. The summed E-state index contributed by atoms with van der Waals surface area (Å²) in [5.41, 5.74) is 7.54. The molecule has 1 aromatic rings. The average Bonchev–Trinajstić information content (AvgIpc) is 3.20. The zero-order chi connectivity index (χ0) is 22.4. The number of carbonyl (C=O) groups excluding carboxylic acids is 1. The minimum atomic E-state index is -0.148. The number of carbonyl (C=O) groups is 1. The minimum Gasteiger partial charge on any atom is -0.463 e. The van der Waals surface area contributed by atoms with Crippen molar-refractivity contribution in [1.29, 1.82) is 0 Å². The summed E-state index contributed by atoms with van der Waals surface area (Å²) >= 11 is 0. The van der Waals surface area contributed by atoms with Crippen molar-refractivity contribution in [3.8, 4) is 6.01 Å². The molecule has 2 aliphatic heterocycles. The van der Waals surface area contributed by atoms with Gasteiger partial charge in [0.15, 0.2) is 11.6 Å². The fraction of sp³-hybridized carbons (Fsp3) is 0.522. The number of nitrogen functional groups attached to an aromatic ring is 1. The molecule has 0 atom stereocenters. The first-order chi connectivity index (χ1) is 14.7. The van der Waals surface area contributed by atoms with Gasteiger partial charge in [-0.05, 0) is 36.9 Å². The number of hydrogen-bond donors (Lipinski definition) is 2. The summed E-state index contributed by atoms with van der Waals surface area (Å²) in [6, 6.07) is 0.214. The van der Waals surface area contributed by atoms with E-state index in [2.05, 4.69) is 59.7 Å². The van der Waals surface area contributed by atoms with E-state index in [9.17, 15) is 4.79 Å². The van der Waals surface area contributed by atoms with Gasteiger partial charge in [-0.1, -0.05) is 51.7 Å². The molecule has 0 radical (unpaired) electrons. The van der Waals surface area contributed by atoms with Gasteiger partial charge in [0, 0.05) is 13.1 Å². The van der Waals surface area contributed by atoms with Crippen LogP contribution >= 0.6 is 0 Å². The zero-order valence-corrected chi connectivity index (χ0v) is 18.9. The molecule has 0 aromatic carbocycles. The number of ether oxygens (including phenoxy) is 1. The van der Waals surface area contributed by atoms with Crippen LogP contribution in [0.3, 0.4) is 0 Å². The molecule has 0 bridgehead atoms. The van der Waals surface area contributed by atoms with E-state index in [1.54, 1.807) is 6.08 Å². The van der Waals surface area contributed by atoms with Crippen molar-refractivity contribution in [3.63, 3.8) is 0 Å². The number of nitrogens with zero attached hydrogens (tertiary/aromatic N) is 4. The fourth-order valence-electron chi connectivity index (χ4n) is 3.55. The maximum atomic E-state index is 12.3. The highest BCUT2D eigenvalue weighted by atomic mass is 16.5. The van der Waals surface area contributed by atoms with Crippen LogP contribution in [0.5, 0.6) is 6.01 Å². The van der Waals surface area contributed by atoms with Gasteiger partial charge >= 0.3 is 6.01 Å². The Labute approximate surface area is 184 Å². The van der Waals surface area contributed by atoms with Crippen molar-refractivity contribution in [2.45, 2.75) is 33.6 Å². The molecule has 0 saturated carbocycles. The summed E-state index contributed by atoms with van der Waals surface area (Å²) in [5.74, 6) is 0.620. The van der Waals surface area contributed by atoms with E-state index >= 15 is 0 Å². The van der Waals surface area contributed by atoms with Gasteiger partial charge in [0.1, 0.15) is 5.69 Å². The second-order valence-corrected chi connectivity index (χ2v) is 9.23. The second-order valence-electron chi connectivity index (χ2n) is 9.23. The lowest BCUT2D eigenvalue weighted by Crippen LogP contribution is -2.40. The summed E-state index contributed by atoms with van der Waals surface area (Å²) < 4.78 is 5.77. The first kappa shape index (κ1) is 22.8. The number of likely N-dealkylation sites (tertiary alicyclic amines) is 1. The van der Waals surface area contributed by atoms with E-state index in [0.29, 0.717) is 24.7 Å². The van der Waals surface area contributed by atoms with E-state index in [0.717, 1.165) is 25.2 Å². The van der Waals surface area contributed by atoms with Crippen LogP contribution in [0.25, 0.3) is 0 Å². The van der Waals surface area contributed by atoms with Crippen molar-refractivity contribution in [3.05, 3.63) is 36.5 Å². The second kappa shape index (κ2) is 9.96. The molecule has 1 aromatic heterocycles. The average molecular weight is 427 g/mol. The van der Waals surface area contributed by atoms with E-state index in [4.69, 9.17) is 10.5 Å². The van der Waals surface area contributed by atoms with Crippen molar-refractivity contribution in [2.75, 3.05) is 55.3 Å². The highest BCUT2D eigenvalue weighted by Gasteiger charge is 2.28. The highest BCUT2D eigenvalue weighted by molar-refractivity contribution is 6.03. The van der Waals surface area contributed by atoms with E-state index < -0.39 is 0 Å². The molecule has 2 aliphatic rings. The quantitative estimate of drug-likeness (QED) is 0.617. The minimum absolute atomic E-state index is 0.0398. The Balaban J connectivity index is 1.79. The first-order valence-corrected chi connectivity index (χ1v) is 10.8. The molecule has 8 nitrogen and oxygen atoms in total. The van der Waals surface area contributed by atoms with Crippen molar-refractivity contribution >= 4 is 23.2 Å². The number of amides is 1. The highest BCUT2D eigenvalue weighted by Crippen LogP contribution is 2.34. The number of nitrogens with two attached hydrogens (primary N) is 1. The number of aromatic nitrogens is 2. The molecule has 0 aliphatic carbocycles. The predicted octanol–water partition coefficient (Wildman–Crippen LogP) is 3.01. The molecule has 168 valence electrons. The lowest BCUT2D eigenvalue weighted by molar-refractivity contribution is -0.115. The largest absolute Gasteiger partial charge is 0.463 e. The lowest BCUT2D eigenvalue weighted by atomic mass is 9.99. The Morgan fingerprint density at radius 1 is 1.29 bits per heavy atom. The van der Waals surface area contributed by atoms with Crippen LogP contribution in [0, 0.1) is 5.41 Å². The van der Waals surface area contributed by atoms with Crippen LogP contribution in [0.4, 0.5) is 17.3 Å². The summed E-state index contributed by atoms with van der Waals surface area (Å²) in [6.07, 6.45) is 10.5. The number of nitrogens with one attached hydrogen (secondary N) is 1. The molecular weight excluding hydrogens is 392 g/mol. The third-order valence-electron chi connectivity index (χ3n) is 5.03. The van der Waals surface area contributed by atoms with Gasteiger partial charge in [-0.15, -0.1) is 0 Å². The zero-order valence-electron chi connectivity index (χ0n) is 18.9. The molecule has 1 saturated heterocycles. The molecule has 1 fully saturated rings. The van der Waals surface area contributed by atoms with Crippen molar-refractivity contribution in [1.82, 2.24) is 14.9 Å². The summed E-state index contributed by atoms with van der Waals surface area (Å²) in [4.78, 5) is 25.4. The SMILES string of the molecule is C=C/C=C(\C=C\CN1CCCC1)CN1CC(=O)Nc2c(N)nc(OCC(C)(C)C)nc21. The molecule has 0 spiro atoms. The lowest BCUT2D eigenvalue weighted by Gasteiger charge is -2.30. The van der Waals surface area contributed by atoms with E-state index in [-0.39, 0.29) is 29.7 Å². The van der Waals surface area contributed by atoms with Gasteiger partial charge in [-0.25, -0.2) is 0 Å². The Morgan fingerprint density at radius 3 is 2.71 bits per heavy atom. The summed E-state index contributed by atoms with van der Waals surface area (Å²) in [6.45, 7) is 14.4. The summed E-state index contributed by atoms with van der Waals surface area (Å²) in [7, 11) is 0. The molecule has 3 rings (SSSR count). The molecule has 0 unspecified atom stereocenters. The van der Waals surface area contributed by atoms with Crippen LogP contribution < -0.4 is 20.7 Å². The Hall–Kier alpha value is -2.87. The molecule has 8 heteroatoms. The third-order valence-corrected chi connectivity index (χ3v) is 5.03. The first-order valence-electron chi connectivity index (χ1n) is 10.8. The monoisotopic (exact) mass is 426 g/mol. The third kappa shape index (κ3) is 6.55. The maximum absolute atomic E-state index is 12.3. The molecule has 3 heterocycles. The number of rotatable bonds is 8. The van der Waals surface area contributed by atoms with Gasteiger partial charge in [0.2, 0.25) is 5.91 Å². The maximum Gasteiger partial charge on any atom is 0.320 e. The Kier molecular flexibility index (Phi) is 7.33. The van der Waals surface area contributed by atoms with Crippen molar-refractivity contribution in [2.24, 2.45) is 5.41 Å². The Bertz CT molecular complexity index is 866. The van der Waals surface area contributed by atoms with Gasteiger partial charge in [0.25, 0.3) is 0 Å². The number of hydrogen-bond acceptors (Lipinski definition) is 7. The van der Waals surface area contributed by atoms with Gasteiger partial charge < -0.3 is 20.7 Å². The molecule has 31 heavy (non-hydrogen) atoms. The number of allylic oxidation sites excluding steroid dienone is 2. The van der Waals surface area contributed by atoms with Crippen molar-refractivity contribution < 1.29 is 9.53 Å². The van der Waals surface area contributed by atoms with Crippen LogP contribution in [-0.2, 0) is 4.79 Å². The fourth-order valence-corrected chi connectivity index (χ4v) is 3.55. The van der Waals surface area contributed by atoms with Gasteiger partial charge in [0.05, 0.1) is 13.2 Å². The number of anilines is 3. The topological polar surface area (TPSA) is 96.6 Å². The van der Waals surface area contributed by atoms with Crippen LogP contribution in [0.15, 0.2) is 36.5 Å². The predicted molar refractivity (Wildman–Crippen MR) is 125 cm³/mol. The van der Waals surface area contributed by atoms with Gasteiger partial charge in [-0.2, -0.15) is 9.97 Å². The molecular formula is C23H34N6O2. The number of fused-ring (bicyclic) bond motifs is 1. The normalized spacial score (nSPS) is 17.7. The Morgan fingerprint density at radius 2 is 2.03 bits per heavy atom. The van der Waals surface area contributed by atoms with Crippen LogP contribution in [0.2, 0.25) is 0 Å². The summed E-state index contributed by atoms with van der Waals surface area (Å²) in [5, 5.41) is 2.79. The van der Waals surface area contributed by atoms with Crippen LogP contribution in [0.1, 0.15) is 33.6 Å².